The van der Waals surface area contributed by atoms with Crippen molar-refractivity contribution in [2.75, 3.05) is 38.2 Å². The van der Waals surface area contributed by atoms with E-state index in [1.165, 1.54) is 7.11 Å². The Bertz CT molecular complexity index is 976. The van der Waals surface area contributed by atoms with Gasteiger partial charge in [0.1, 0.15) is 11.4 Å². The minimum Gasteiger partial charge on any atom is -0.496 e. The second-order valence-electron chi connectivity index (χ2n) is 6.58. The molecule has 1 saturated heterocycles. The van der Waals surface area contributed by atoms with E-state index in [0.717, 1.165) is 12.1 Å². The number of nitro benzene ring substituents is 1. The third-order valence-electron chi connectivity index (χ3n) is 4.80. The number of alkyl halides is 3. The van der Waals surface area contributed by atoms with Gasteiger partial charge in [0.15, 0.2) is 0 Å². The lowest BCUT2D eigenvalue weighted by molar-refractivity contribution is -0.384. The molecule has 2 aromatic carbocycles. The Morgan fingerprint density at radius 3 is 2.37 bits per heavy atom. The maximum absolute atomic E-state index is 12.9. The average Bonchev–Trinajstić information content (AvgIpc) is 2.72. The zero-order chi connectivity index (χ0) is 22.1. The van der Waals surface area contributed by atoms with Crippen LogP contribution < -0.4 is 9.64 Å². The normalized spacial score (nSPS) is 14.6. The Labute approximate surface area is 178 Å². The molecule has 2 aromatic rings. The van der Waals surface area contributed by atoms with E-state index >= 15 is 0 Å². The standard InChI is InChI=1S/C19H17BrF3N3O4/c1-30-17-5-3-13(20)11-14(17)18(27)25-8-6-24(7-9-25)15-4-2-12(19(21,22)23)10-16(15)26(28)29/h2-5,10-11H,6-9H2,1H3. The minimum absolute atomic E-state index is 0.0973. The topological polar surface area (TPSA) is 75.9 Å². The minimum atomic E-state index is -4.67. The molecule has 0 saturated carbocycles. The Kier molecular flexibility index (Phi) is 6.20. The molecule has 0 radical (unpaired) electrons. The number of ether oxygens (including phenoxy) is 1. The molecule has 1 aliphatic rings. The number of halogens is 4. The molecular weight excluding hydrogens is 471 g/mol. The summed E-state index contributed by atoms with van der Waals surface area (Å²) in [6.07, 6.45) is -4.67. The Morgan fingerprint density at radius 2 is 1.80 bits per heavy atom. The number of benzene rings is 2. The van der Waals surface area contributed by atoms with E-state index in [1.54, 1.807) is 28.0 Å². The molecule has 1 amide bonds. The van der Waals surface area contributed by atoms with Gasteiger partial charge < -0.3 is 14.5 Å². The summed E-state index contributed by atoms with van der Waals surface area (Å²) in [5.41, 5.74) is -1.22. The van der Waals surface area contributed by atoms with Crippen LogP contribution in [0.15, 0.2) is 40.9 Å². The van der Waals surface area contributed by atoms with Gasteiger partial charge >= 0.3 is 6.18 Å². The molecule has 0 unspecified atom stereocenters. The number of methoxy groups -OCH3 is 1. The van der Waals surface area contributed by atoms with Gasteiger partial charge in [0.05, 0.1) is 23.2 Å². The third-order valence-corrected chi connectivity index (χ3v) is 5.29. The first-order chi connectivity index (χ1) is 14.1. The molecule has 7 nitrogen and oxygen atoms in total. The summed E-state index contributed by atoms with van der Waals surface area (Å²) in [5.74, 6) is 0.165. The number of anilines is 1. The van der Waals surface area contributed by atoms with Crippen molar-refractivity contribution >= 4 is 33.2 Å². The number of piperazine rings is 1. The number of amides is 1. The van der Waals surface area contributed by atoms with Gasteiger partial charge in [-0.3, -0.25) is 14.9 Å². The summed E-state index contributed by atoms with van der Waals surface area (Å²) >= 11 is 3.32. The van der Waals surface area contributed by atoms with Crippen LogP contribution in [0, 0.1) is 10.1 Å². The van der Waals surface area contributed by atoms with E-state index in [0.29, 0.717) is 21.9 Å². The summed E-state index contributed by atoms with van der Waals surface area (Å²) in [5, 5.41) is 11.3. The summed E-state index contributed by atoms with van der Waals surface area (Å²) in [6, 6.07) is 7.53. The average molecular weight is 488 g/mol. The highest BCUT2D eigenvalue weighted by Gasteiger charge is 2.34. The first-order valence-electron chi connectivity index (χ1n) is 8.85. The fourth-order valence-electron chi connectivity index (χ4n) is 3.28. The number of carbonyl (C=O) groups excluding carboxylic acids is 1. The van der Waals surface area contributed by atoms with Crippen molar-refractivity contribution in [3.63, 3.8) is 0 Å². The van der Waals surface area contributed by atoms with Crippen LogP contribution in [0.5, 0.6) is 5.75 Å². The van der Waals surface area contributed by atoms with Crippen LogP contribution in [0.1, 0.15) is 15.9 Å². The van der Waals surface area contributed by atoms with Crippen LogP contribution in [0.2, 0.25) is 0 Å². The van der Waals surface area contributed by atoms with Crippen molar-refractivity contribution in [3.8, 4) is 5.75 Å². The molecule has 0 atom stereocenters. The van der Waals surface area contributed by atoms with E-state index < -0.39 is 22.4 Å². The number of nitrogens with zero attached hydrogens (tertiary/aromatic N) is 3. The van der Waals surface area contributed by atoms with Crippen molar-refractivity contribution in [1.82, 2.24) is 4.90 Å². The number of nitro groups is 1. The molecule has 0 N–H and O–H groups in total. The smallest absolute Gasteiger partial charge is 0.416 e. The lowest BCUT2D eigenvalue weighted by Gasteiger charge is -2.36. The van der Waals surface area contributed by atoms with Crippen LogP contribution in [-0.4, -0.2) is 49.0 Å². The molecule has 160 valence electrons. The van der Waals surface area contributed by atoms with Crippen molar-refractivity contribution in [2.45, 2.75) is 6.18 Å². The predicted octanol–water partition coefficient (Wildman–Crippen LogP) is 4.35. The second kappa shape index (κ2) is 8.50. The fraction of sp³-hybridized carbons (Fsp3) is 0.316. The summed E-state index contributed by atoms with van der Waals surface area (Å²) in [6.45, 7) is 1.00. The largest absolute Gasteiger partial charge is 0.496 e. The lowest BCUT2D eigenvalue weighted by Crippen LogP contribution is -2.49. The van der Waals surface area contributed by atoms with Gasteiger partial charge in [-0.25, -0.2) is 0 Å². The molecule has 1 fully saturated rings. The van der Waals surface area contributed by atoms with E-state index in [-0.39, 0.29) is 37.8 Å². The van der Waals surface area contributed by atoms with Gasteiger partial charge in [-0.2, -0.15) is 13.2 Å². The van der Waals surface area contributed by atoms with Crippen LogP contribution in [-0.2, 0) is 6.18 Å². The van der Waals surface area contributed by atoms with Crippen molar-refractivity contribution in [2.24, 2.45) is 0 Å². The molecule has 30 heavy (non-hydrogen) atoms. The number of rotatable bonds is 4. The van der Waals surface area contributed by atoms with Gasteiger partial charge in [0.2, 0.25) is 0 Å². The maximum atomic E-state index is 12.9. The zero-order valence-corrected chi connectivity index (χ0v) is 17.4. The highest BCUT2D eigenvalue weighted by Crippen LogP contribution is 2.37. The zero-order valence-electron chi connectivity index (χ0n) is 15.8. The van der Waals surface area contributed by atoms with Gasteiger partial charge in [-0.15, -0.1) is 0 Å². The van der Waals surface area contributed by atoms with Crippen LogP contribution in [0.3, 0.4) is 0 Å². The molecule has 0 spiro atoms. The van der Waals surface area contributed by atoms with E-state index in [9.17, 15) is 28.1 Å². The monoisotopic (exact) mass is 487 g/mol. The van der Waals surface area contributed by atoms with Gasteiger partial charge in [-0.1, -0.05) is 15.9 Å². The van der Waals surface area contributed by atoms with Gasteiger partial charge in [0.25, 0.3) is 11.6 Å². The van der Waals surface area contributed by atoms with Gasteiger partial charge in [-0.05, 0) is 30.3 Å². The molecular formula is C19H17BrF3N3O4. The second-order valence-corrected chi connectivity index (χ2v) is 7.50. The summed E-state index contributed by atoms with van der Waals surface area (Å²) in [7, 11) is 1.46. The predicted molar refractivity (Wildman–Crippen MR) is 107 cm³/mol. The van der Waals surface area contributed by atoms with Crippen LogP contribution >= 0.6 is 15.9 Å². The highest BCUT2D eigenvalue weighted by atomic mass is 79.9. The number of hydrogen-bond donors (Lipinski definition) is 0. The number of hydrogen-bond acceptors (Lipinski definition) is 5. The van der Waals surface area contributed by atoms with Crippen LogP contribution in [0.4, 0.5) is 24.5 Å². The fourth-order valence-corrected chi connectivity index (χ4v) is 3.64. The SMILES string of the molecule is COc1ccc(Br)cc1C(=O)N1CCN(c2ccc(C(F)(F)F)cc2[N+](=O)[O-])CC1. The molecule has 11 heteroatoms. The number of carbonyl (C=O) groups is 1. The molecule has 3 rings (SSSR count). The first kappa shape index (κ1) is 21.9. The Morgan fingerprint density at radius 1 is 1.13 bits per heavy atom. The quantitative estimate of drug-likeness (QED) is 0.473. The van der Waals surface area contributed by atoms with Gasteiger partial charge in [0, 0.05) is 36.7 Å². The van der Waals surface area contributed by atoms with Crippen LogP contribution in [0.25, 0.3) is 0 Å². The lowest BCUT2D eigenvalue weighted by atomic mass is 10.1. The highest BCUT2D eigenvalue weighted by molar-refractivity contribution is 9.10. The molecule has 0 aromatic heterocycles. The molecule has 1 aliphatic heterocycles. The van der Waals surface area contributed by atoms with Crippen molar-refractivity contribution < 1.29 is 27.6 Å². The first-order valence-corrected chi connectivity index (χ1v) is 9.64. The Balaban J connectivity index is 1.78. The van der Waals surface area contributed by atoms with E-state index in [1.807, 2.05) is 0 Å². The molecule has 1 heterocycles. The maximum Gasteiger partial charge on any atom is 0.416 e. The Hall–Kier alpha value is -2.82. The van der Waals surface area contributed by atoms with Crippen molar-refractivity contribution in [3.05, 3.63) is 62.1 Å². The third kappa shape index (κ3) is 4.50. The molecule has 0 aliphatic carbocycles. The summed E-state index contributed by atoms with van der Waals surface area (Å²) in [4.78, 5) is 26.6. The summed E-state index contributed by atoms with van der Waals surface area (Å²) < 4.78 is 44.7. The van der Waals surface area contributed by atoms with E-state index in [2.05, 4.69) is 15.9 Å². The molecule has 0 bridgehead atoms. The van der Waals surface area contributed by atoms with E-state index in [4.69, 9.17) is 4.74 Å². The van der Waals surface area contributed by atoms with Crippen molar-refractivity contribution in [1.29, 1.82) is 0 Å².